The number of nitrogens with zero attached hydrogens (tertiary/aromatic N) is 3. The maximum absolute atomic E-state index is 12.9. The summed E-state index contributed by atoms with van der Waals surface area (Å²) < 4.78 is 87.8. The van der Waals surface area contributed by atoms with Gasteiger partial charge in [-0.25, -0.2) is 9.62 Å². The Bertz CT molecular complexity index is 1020. The molecule has 0 aliphatic carbocycles. The van der Waals surface area contributed by atoms with Crippen LogP contribution in [0.2, 0.25) is 0 Å². The number of benzene rings is 1. The van der Waals surface area contributed by atoms with E-state index in [-0.39, 0.29) is 35.9 Å². The van der Waals surface area contributed by atoms with Crippen LogP contribution in [0.5, 0.6) is 0 Å². The molecule has 9 nitrogen and oxygen atoms in total. The van der Waals surface area contributed by atoms with Crippen molar-refractivity contribution in [3.05, 3.63) is 30.0 Å². The lowest BCUT2D eigenvalue weighted by Gasteiger charge is -2.40. The van der Waals surface area contributed by atoms with Gasteiger partial charge in [0.25, 0.3) is 0 Å². The quantitative estimate of drug-likeness (QED) is 0.151. The van der Waals surface area contributed by atoms with Crippen LogP contribution >= 0.6 is 10.2 Å². The smallest absolute Gasteiger partial charge is 0.310 e. The van der Waals surface area contributed by atoms with Crippen LogP contribution in [0.15, 0.2) is 38.8 Å². The van der Waals surface area contributed by atoms with Crippen molar-refractivity contribution in [1.82, 2.24) is 15.8 Å². The van der Waals surface area contributed by atoms with Crippen molar-refractivity contribution < 1.29 is 33.5 Å². The van der Waals surface area contributed by atoms with E-state index in [0.717, 1.165) is 12.1 Å². The van der Waals surface area contributed by atoms with Crippen molar-refractivity contribution >= 4 is 37.3 Å². The second kappa shape index (κ2) is 7.10. The molecule has 29 heavy (non-hydrogen) atoms. The summed E-state index contributed by atoms with van der Waals surface area (Å²) in [7, 11) is -12.6. The Kier molecular flexibility index (Phi) is 5.59. The lowest BCUT2D eigenvalue weighted by molar-refractivity contribution is 0.234. The van der Waals surface area contributed by atoms with Gasteiger partial charge in [0.15, 0.2) is 11.5 Å². The van der Waals surface area contributed by atoms with E-state index in [1.165, 1.54) is 6.26 Å². The molecule has 1 heterocycles. The van der Waals surface area contributed by atoms with Gasteiger partial charge < -0.3 is 5.32 Å². The molecule has 0 bridgehead atoms. The van der Waals surface area contributed by atoms with Crippen LogP contribution in [0.4, 0.5) is 30.9 Å². The van der Waals surface area contributed by atoms with Crippen LogP contribution in [0.3, 0.4) is 0 Å². The van der Waals surface area contributed by atoms with E-state index < -0.39 is 36.4 Å². The number of nitrogens with one attached hydrogen (secondary N) is 3. The molecule has 0 saturated heterocycles. The van der Waals surface area contributed by atoms with Gasteiger partial charge in [-0.15, -0.1) is 0 Å². The maximum atomic E-state index is 12.9. The number of halogens is 5. The molecule has 16 heteroatoms. The minimum atomic E-state index is -9.90. The first kappa shape index (κ1) is 22.8. The molecule has 2 rings (SSSR count). The third-order valence-electron chi connectivity index (χ3n) is 3.33. The summed E-state index contributed by atoms with van der Waals surface area (Å²) in [4.78, 5) is 1.51. The van der Waals surface area contributed by atoms with Crippen molar-refractivity contribution in [2.45, 2.75) is 11.3 Å². The second-order valence-electron chi connectivity index (χ2n) is 5.99. The number of amidine groups is 1. The number of rotatable bonds is 8. The highest BCUT2D eigenvalue weighted by molar-refractivity contribution is 8.45. The van der Waals surface area contributed by atoms with Crippen LogP contribution in [0, 0.1) is 4.78 Å². The summed E-state index contributed by atoms with van der Waals surface area (Å²) in [6.45, 7) is 0.184. The molecule has 4 N–H and O–H groups in total. The molecule has 0 spiro atoms. The summed E-state index contributed by atoms with van der Waals surface area (Å²) >= 11 is 0. The Morgan fingerprint density at radius 3 is 2.59 bits per heavy atom. The van der Waals surface area contributed by atoms with Gasteiger partial charge in [0.05, 0.1) is 5.69 Å². The lowest BCUT2D eigenvalue weighted by atomic mass is 10.3. The Labute approximate surface area is 162 Å². The zero-order valence-electron chi connectivity index (χ0n) is 14.7. The molecule has 0 aliphatic heterocycles. The molecule has 164 valence electrons. The zero-order chi connectivity index (χ0) is 22.0. The first-order chi connectivity index (χ1) is 13.1. The van der Waals surface area contributed by atoms with E-state index in [1.54, 1.807) is 5.48 Å². The average Bonchev–Trinajstić information content (AvgIpc) is 3.02. The molecular formula is C13H17F5N6O3S2. The minimum absolute atomic E-state index is 0.0678. The lowest BCUT2D eigenvalue weighted by Crippen LogP contribution is -2.22. The van der Waals surface area contributed by atoms with Crippen molar-refractivity contribution in [3.63, 3.8) is 0 Å². The van der Waals surface area contributed by atoms with Gasteiger partial charge in [-0.05, 0) is 34.9 Å². The predicted octanol–water partition coefficient (Wildman–Crippen LogP) is 4.26. The maximum Gasteiger partial charge on any atom is 0.310 e. The largest absolute Gasteiger partial charge is 0.365 e. The van der Waals surface area contributed by atoms with E-state index in [1.807, 2.05) is 0 Å². The summed E-state index contributed by atoms with van der Waals surface area (Å²) in [6.07, 6.45) is 1.59. The van der Waals surface area contributed by atoms with Gasteiger partial charge in [0, 0.05) is 28.3 Å². The fraction of sp³-hybridized carbons (Fsp3) is 0.308. The van der Waals surface area contributed by atoms with Crippen molar-refractivity contribution in [1.29, 1.82) is 4.78 Å². The molecule has 1 aromatic carbocycles. The average molecular weight is 464 g/mol. The fourth-order valence-electron chi connectivity index (χ4n) is 2.07. The monoisotopic (exact) mass is 464 g/mol. The second-order valence-corrected chi connectivity index (χ2v) is 10.8. The van der Waals surface area contributed by atoms with Crippen LogP contribution < -0.4 is 10.8 Å². The van der Waals surface area contributed by atoms with Crippen LogP contribution in [0.1, 0.15) is 12.1 Å². The molecule has 0 radical (unpaired) electrons. The Morgan fingerprint density at radius 2 is 2.00 bits per heavy atom. The number of hydrogen-bond acceptors (Lipinski definition) is 8. The van der Waals surface area contributed by atoms with Gasteiger partial charge in [-0.2, -0.15) is 0 Å². The first-order valence-corrected chi connectivity index (χ1v) is 11.8. The number of hydrogen-bond donors (Lipinski definition) is 4. The van der Waals surface area contributed by atoms with E-state index in [9.17, 15) is 28.8 Å². The summed E-state index contributed by atoms with van der Waals surface area (Å²) in [6, 6.07) is 2.10. The van der Waals surface area contributed by atoms with E-state index in [2.05, 4.69) is 25.3 Å². The van der Waals surface area contributed by atoms with Gasteiger partial charge in [-0.1, -0.05) is 25.5 Å². The molecular weight excluding hydrogens is 447 g/mol. The molecule has 1 unspecified atom stereocenters. The van der Waals surface area contributed by atoms with Crippen molar-refractivity contribution in [3.8, 4) is 0 Å². The van der Waals surface area contributed by atoms with Crippen LogP contribution in [-0.2, 0) is 9.73 Å². The van der Waals surface area contributed by atoms with Crippen molar-refractivity contribution in [2.24, 2.45) is 4.99 Å². The molecule has 0 fully saturated rings. The van der Waals surface area contributed by atoms with Gasteiger partial charge in [0.2, 0.25) is 5.82 Å². The molecule has 1 atom stereocenters. The minimum Gasteiger partial charge on any atom is -0.365 e. The standard InChI is InChI=1S/C13H17F5N6O3S2/c1-28(19,26)7-3-6-20-12-11(23-27-24-12)13(22-25)21-9-4-2-5-10(8-9)29(14,15,16,17)18/h2,4-5,8,19,25H,3,6-7H2,1H3,(H,20,24)(H,21,22). The third-order valence-corrected chi connectivity index (χ3v) is 5.54. The normalized spacial score (nSPS) is 17.1. The number of aromatic nitrogens is 2. The Morgan fingerprint density at radius 1 is 1.31 bits per heavy atom. The highest BCUT2D eigenvalue weighted by Crippen LogP contribution is 3.02. The Balaban J connectivity index is 2.28. The topological polar surface area (TPSA) is 136 Å². The zero-order valence-corrected chi connectivity index (χ0v) is 16.4. The molecule has 0 amide bonds. The van der Waals surface area contributed by atoms with E-state index >= 15 is 0 Å². The highest BCUT2D eigenvalue weighted by atomic mass is 32.5. The molecule has 0 saturated carbocycles. The first-order valence-electron chi connectivity index (χ1n) is 7.70. The van der Waals surface area contributed by atoms with E-state index in [4.69, 9.17) is 4.78 Å². The molecule has 1 aromatic heterocycles. The third kappa shape index (κ3) is 6.82. The summed E-state index contributed by atoms with van der Waals surface area (Å²) in [5.74, 6) is -0.490. The number of hydroxylamine groups is 1. The van der Waals surface area contributed by atoms with Gasteiger partial charge in [-0.3, -0.25) is 19.7 Å². The highest BCUT2D eigenvalue weighted by Gasteiger charge is 2.65. The number of anilines is 1. The number of aliphatic imine (C=N–C) groups is 1. The van der Waals surface area contributed by atoms with Crippen LogP contribution in [-0.4, -0.2) is 44.1 Å². The van der Waals surface area contributed by atoms with Crippen molar-refractivity contribution in [2.75, 3.05) is 23.9 Å². The summed E-state index contributed by atoms with van der Waals surface area (Å²) in [5.41, 5.74) is 0.815. The van der Waals surface area contributed by atoms with Crippen LogP contribution in [0.25, 0.3) is 0 Å². The fourth-order valence-corrected chi connectivity index (χ4v) is 3.44. The summed E-state index contributed by atoms with van der Waals surface area (Å²) in [5, 5.41) is 18.9. The predicted molar refractivity (Wildman–Crippen MR) is 98.0 cm³/mol. The SMILES string of the molecule is CS(=N)(=O)CCCNc1nonc1C(=Nc1cccc(S(F)(F)(F)(F)F)c1)NO. The molecule has 2 aromatic rings. The Hall–Kier alpha value is -2.46. The molecule has 0 aliphatic rings. The van der Waals surface area contributed by atoms with Gasteiger partial charge >= 0.3 is 10.2 Å². The van der Waals surface area contributed by atoms with Gasteiger partial charge in [0.1, 0.15) is 4.90 Å². The van der Waals surface area contributed by atoms with E-state index in [0.29, 0.717) is 6.42 Å².